The van der Waals surface area contributed by atoms with E-state index in [9.17, 15) is 5.11 Å². The van der Waals surface area contributed by atoms with Gasteiger partial charge in [0.15, 0.2) is 0 Å². The van der Waals surface area contributed by atoms with Gasteiger partial charge in [0.25, 0.3) is 0 Å². The van der Waals surface area contributed by atoms with Crippen molar-refractivity contribution in [2.45, 2.75) is 40.2 Å². The third-order valence-corrected chi connectivity index (χ3v) is 4.95. The molecule has 0 aliphatic carbocycles. The van der Waals surface area contributed by atoms with Crippen LogP contribution in [0.25, 0.3) is 5.57 Å². The van der Waals surface area contributed by atoms with E-state index in [0.717, 1.165) is 11.3 Å². The van der Waals surface area contributed by atoms with Crippen LogP contribution in [-0.4, -0.2) is 17.8 Å². The summed E-state index contributed by atoms with van der Waals surface area (Å²) in [5.41, 5.74) is 8.50. The van der Waals surface area contributed by atoms with Crippen LogP contribution < -0.4 is 4.90 Å². The van der Waals surface area contributed by atoms with E-state index >= 15 is 0 Å². The smallest absolute Gasteiger partial charge is 0.0697 e. The summed E-state index contributed by atoms with van der Waals surface area (Å²) < 4.78 is 0. The van der Waals surface area contributed by atoms with Crippen molar-refractivity contribution in [2.75, 3.05) is 11.5 Å². The standard InChI is InChI=1S/C23H26NO/c1-16-5-9-20(10-6-16)23-18(3)21(13-14-25)15-24(19(23)4)22-11-7-17(2)8-12-22/h5-12,19,25H,13-14H2,1-4H3. The van der Waals surface area contributed by atoms with E-state index in [4.69, 9.17) is 0 Å². The summed E-state index contributed by atoms with van der Waals surface area (Å²) in [6.07, 6.45) is 4.15. The fourth-order valence-corrected chi connectivity index (χ4v) is 3.47. The van der Waals surface area contributed by atoms with Crippen molar-refractivity contribution >= 4 is 11.3 Å². The summed E-state index contributed by atoms with van der Waals surface area (Å²) in [7, 11) is 0. The van der Waals surface area contributed by atoms with Gasteiger partial charge in [-0.05, 0) is 68.5 Å². The molecule has 3 rings (SSSR count). The van der Waals surface area contributed by atoms with Crippen molar-refractivity contribution < 1.29 is 5.11 Å². The lowest BCUT2D eigenvalue weighted by Gasteiger charge is -2.36. The molecule has 1 radical (unpaired) electrons. The lowest BCUT2D eigenvalue weighted by molar-refractivity contribution is 0.299. The fraction of sp³-hybridized carbons (Fsp3) is 0.304. The molecular formula is C23H26NO. The molecule has 2 aromatic carbocycles. The predicted octanol–water partition coefficient (Wildman–Crippen LogP) is 5.06. The van der Waals surface area contributed by atoms with Gasteiger partial charge in [0.1, 0.15) is 0 Å². The average Bonchev–Trinajstić information content (AvgIpc) is 2.60. The molecule has 0 saturated carbocycles. The average molecular weight is 332 g/mol. The second-order valence-corrected chi connectivity index (χ2v) is 6.85. The van der Waals surface area contributed by atoms with Crippen LogP contribution in [0, 0.1) is 20.0 Å². The molecule has 2 nitrogen and oxygen atoms in total. The van der Waals surface area contributed by atoms with Gasteiger partial charge in [-0.15, -0.1) is 0 Å². The minimum Gasteiger partial charge on any atom is -0.396 e. The van der Waals surface area contributed by atoms with Crippen LogP contribution in [-0.2, 0) is 0 Å². The number of hydrogen-bond donors (Lipinski definition) is 1. The van der Waals surface area contributed by atoms with Crippen molar-refractivity contribution in [3.63, 3.8) is 0 Å². The number of allylic oxidation sites excluding steroid dienone is 1. The predicted molar refractivity (Wildman–Crippen MR) is 105 cm³/mol. The molecule has 0 amide bonds. The maximum absolute atomic E-state index is 9.49. The maximum Gasteiger partial charge on any atom is 0.0697 e. The number of aliphatic hydroxyl groups excluding tert-OH is 1. The first kappa shape index (κ1) is 17.5. The van der Waals surface area contributed by atoms with E-state index in [-0.39, 0.29) is 12.6 Å². The van der Waals surface area contributed by atoms with Crippen LogP contribution >= 0.6 is 0 Å². The highest BCUT2D eigenvalue weighted by Crippen LogP contribution is 2.37. The number of aliphatic hydroxyl groups is 1. The first-order valence-corrected chi connectivity index (χ1v) is 8.88. The molecule has 1 unspecified atom stereocenters. The normalized spacial score (nSPS) is 17.7. The van der Waals surface area contributed by atoms with E-state index in [0.29, 0.717) is 6.42 Å². The molecule has 0 spiro atoms. The lowest BCUT2D eigenvalue weighted by Crippen LogP contribution is -2.34. The van der Waals surface area contributed by atoms with Gasteiger partial charge in [0.05, 0.1) is 12.2 Å². The van der Waals surface area contributed by atoms with Gasteiger partial charge < -0.3 is 10.0 Å². The summed E-state index contributed by atoms with van der Waals surface area (Å²) >= 11 is 0. The van der Waals surface area contributed by atoms with Gasteiger partial charge in [-0.1, -0.05) is 47.5 Å². The summed E-state index contributed by atoms with van der Waals surface area (Å²) in [6.45, 7) is 8.72. The number of rotatable bonds is 4. The van der Waals surface area contributed by atoms with E-state index in [1.165, 1.54) is 27.8 Å². The molecule has 0 saturated heterocycles. The minimum atomic E-state index is 0.136. The molecule has 129 valence electrons. The highest BCUT2D eigenvalue weighted by molar-refractivity contribution is 5.80. The monoisotopic (exact) mass is 332 g/mol. The molecule has 1 aliphatic rings. The third-order valence-electron chi connectivity index (χ3n) is 4.95. The minimum absolute atomic E-state index is 0.136. The first-order valence-electron chi connectivity index (χ1n) is 8.88. The van der Waals surface area contributed by atoms with Gasteiger partial charge in [-0.3, -0.25) is 0 Å². The lowest BCUT2D eigenvalue weighted by atomic mass is 9.86. The van der Waals surface area contributed by atoms with E-state index in [1.807, 2.05) is 0 Å². The van der Waals surface area contributed by atoms with Crippen LogP contribution in [0.1, 0.15) is 37.0 Å². The van der Waals surface area contributed by atoms with Crippen LogP contribution in [0.5, 0.6) is 0 Å². The third kappa shape index (κ3) is 3.54. The Morgan fingerprint density at radius 3 is 2.04 bits per heavy atom. The number of nitrogens with zero attached hydrogens (tertiary/aromatic N) is 1. The molecule has 25 heavy (non-hydrogen) atoms. The highest BCUT2D eigenvalue weighted by atomic mass is 16.2. The Kier molecular flexibility index (Phi) is 5.10. The van der Waals surface area contributed by atoms with Crippen molar-refractivity contribution in [2.24, 2.45) is 0 Å². The number of aryl methyl sites for hydroxylation is 2. The zero-order valence-electron chi connectivity index (χ0n) is 15.5. The zero-order valence-corrected chi connectivity index (χ0v) is 15.5. The van der Waals surface area contributed by atoms with Crippen molar-refractivity contribution in [1.82, 2.24) is 0 Å². The summed E-state index contributed by atoms with van der Waals surface area (Å²) in [6, 6.07) is 17.4. The van der Waals surface area contributed by atoms with Crippen LogP contribution in [0.3, 0.4) is 0 Å². The van der Waals surface area contributed by atoms with Crippen molar-refractivity contribution in [3.8, 4) is 0 Å². The molecule has 1 aliphatic heterocycles. The molecule has 0 bridgehead atoms. The van der Waals surface area contributed by atoms with Gasteiger partial charge in [0, 0.05) is 12.3 Å². The van der Waals surface area contributed by atoms with Gasteiger partial charge in [0.2, 0.25) is 0 Å². The van der Waals surface area contributed by atoms with Crippen molar-refractivity contribution in [3.05, 3.63) is 82.6 Å². The molecular weight excluding hydrogens is 306 g/mol. The fourth-order valence-electron chi connectivity index (χ4n) is 3.47. The molecule has 0 fully saturated rings. The Bertz CT molecular complexity index is 797. The molecule has 0 aromatic heterocycles. The van der Waals surface area contributed by atoms with Gasteiger partial charge >= 0.3 is 0 Å². The van der Waals surface area contributed by atoms with Crippen LogP contribution in [0.2, 0.25) is 0 Å². The second-order valence-electron chi connectivity index (χ2n) is 6.85. The SMILES string of the molecule is CC1=C(c2ccc(C)cc2)C(C)N(c2ccc(C)cc2)[C]=C1CCO. The van der Waals surface area contributed by atoms with E-state index in [2.05, 4.69) is 87.3 Å². The zero-order chi connectivity index (χ0) is 18.0. The summed E-state index contributed by atoms with van der Waals surface area (Å²) in [5.74, 6) is 0. The van der Waals surface area contributed by atoms with Crippen LogP contribution in [0.15, 0.2) is 59.7 Å². The van der Waals surface area contributed by atoms with Gasteiger partial charge in [-0.2, -0.15) is 0 Å². The quantitative estimate of drug-likeness (QED) is 0.846. The van der Waals surface area contributed by atoms with E-state index in [1.54, 1.807) is 0 Å². The number of anilines is 1. The first-order chi connectivity index (χ1) is 12.0. The Balaban J connectivity index is 2.08. The second kappa shape index (κ2) is 7.28. The maximum atomic E-state index is 9.49. The summed E-state index contributed by atoms with van der Waals surface area (Å²) in [5, 5.41) is 9.49. The Morgan fingerprint density at radius 1 is 0.920 bits per heavy atom. The molecule has 2 aromatic rings. The molecule has 1 heterocycles. The van der Waals surface area contributed by atoms with Gasteiger partial charge in [-0.25, -0.2) is 0 Å². The Hall–Kier alpha value is -2.32. The Labute approximate surface area is 151 Å². The largest absolute Gasteiger partial charge is 0.396 e. The Morgan fingerprint density at radius 2 is 1.48 bits per heavy atom. The van der Waals surface area contributed by atoms with Crippen LogP contribution in [0.4, 0.5) is 5.69 Å². The number of hydrogen-bond acceptors (Lipinski definition) is 2. The van der Waals surface area contributed by atoms with E-state index < -0.39 is 0 Å². The molecule has 2 heteroatoms. The van der Waals surface area contributed by atoms with Crippen molar-refractivity contribution in [1.29, 1.82) is 0 Å². The molecule has 1 atom stereocenters. The number of benzene rings is 2. The topological polar surface area (TPSA) is 23.5 Å². The molecule has 1 N–H and O–H groups in total. The highest BCUT2D eigenvalue weighted by Gasteiger charge is 2.27. The summed E-state index contributed by atoms with van der Waals surface area (Å²) in [4.78, 5) is 2.20.